The maximum atomic E-state index is 9.12. The van der Waals surface area contributed by atoms with Crippen molar-refractivity contribution in [2.24, 2.45) is 0 Å². The number of aliphatic hydroxyl groups is 2. The van der Waals surface area contributed by atoms with E-state index < -0.39 is 0 Å². The van der Waals surface area contributed by atoms with Crippen LogP contribution in [0.3, 0.4) is 0 Å². The van der Waals surface area contributed by atoms with Crippen LogP contribution in [0.1, 0.15) is 0 Å². The number of hydrogen-bond acceptors (Lipinski definition) is 3. The van der Waals surface area contributed by atoms with E-state index in [9.17, 15) is 0 Å². The fraction of sp³-hybridized carbons (Fsp3) is 0.250. The molecular formula is C8H10O3. The Balaban J connectivity index is 2.50. The monoisotopic (exact) mass is 154 g/mol. The number of ether oxygens (including phenoxy) is 1. The van der Waals surface area contributed by atoms with E-state index in [0.29, 0.717) is 5.57 Å². The summed E-state index contributed by atoms with van der Waals surface area (Å²) in [5.74, 6) is -0.135. The number of rotatable bonds is 3. The predicted molar refractivity (Wildman–Crippen MR) is 41.0 cm³/mol. The molecule has 3 nitrogen and oxygen atoms in total. The molecule has 0 bridgehead atoms. The summed E-state index contributed by atoms with van der Waals surface area (Å²) in [4.78, 5) is 0. The first-order valence-electron chi connectivity index (χ1n) is 3.36. The summed E-state index contributed by atoms with van der Waals surface area (Å²) in [6.07, 6.45) is 7.06. The molecule has 1 rings (SSSR count). The Morgan fingerprint density at radius 3 is 2.55 bits per heavy atom. The molecule has 0 saturated heterocycles. The topological polar surface area (TPSA) is 49.7 Å². The molecule has 0 heterocycles. The largest absolute Gasteiger partial charge is 0.481 e. The molecule has 1 aliphatic rings. The van der Waals surface area contributed by atoms with Crippen molar-refractivity contribution in [3.8, 4) is 0 Å². The molecule has 0 saturated carbocycles. The maximum Gasteiger partial charge on any atom is 0.284 e. The van der Waals surface area contributed by atoms with Gasteiger partial charge in [0.1, 0.15) is 6.61 Å². The van der Waals surface area contributed by atoms with Gasteiger partial charge in [-0.05, 0) is 12.2 Å². The van der Waals surface area contributed by atoms with E-state index in [1.165, 1.54) is 0 Å². The van der Waals surface area contributed by atoms with E-state index in [1.807, 2.05) is 0 Å². The Labute approximate surface area is 64.9 Å². The molecule has 0 unspecified atom stereocenters. The lowest BCUT2D eigenvalue weighted by molar-refractivity contribution is 0.0647. The number of hydrogen-bond donors (Lipinski definition) is 2. The Kier molecular flexibility index (Phi) is 2.74. The Bertz CT molecular complexity index is 199. The zero-order valence-corrected chi connectivity index (χ0v) is 6.03. The minimum absolute atomic E-state index is 0.0925. The molecule has 0 aromatic carbocycles. The van der Waals surface area contributed by atoms with E-state index in [2.05, 4.69) is 0 Å². The van der Waals surface area contributed by atoms with Crippen LogP contribution in [0.2, 0.25) is 0 Å². The van der Waals surface area contributed by atoms with Gasteiger partial charge in [0.2, 0.25) is 0 Å². The molecule has 0 amide bonds. The lowest BCUT2D eigenvalue weighted by Crippen LogP contribution is -1.99. The maximum absolute atomic E-state index is 9.12. The lowest BCUT2D eigenvalue weighted by Gasteiger charge is -2.02. The van der Waals surface area contributed by atoms with E-state index in [1.54, 1.807) is 24.3 Å². The molecule has 0 aromatic heterocycles. The van der Waals surface area contributed by atoms with Crippen molar-refractivity contribution in [1.82, 2.24) is 0 Å². The van der Waals surface area contributed by atoms with Gasteiger partial charge in [0.15, 0.2) is 0 Å². The Hall–Kier alpha value is -1.22. The van der Waals surface area contributed by atoms with Gasteiger partial charge in [-0.25, -0.2) is 0 Å². The fourth-order valence-corrected chi connectivity index (χ4v) is 0.742. The molecule has 0 atom stereocenters. The van der Waals surface area contributed by atoms with E-state index in [0.717, 1.165) is 0 Å². The van der Waals surface area contributed by atoms with E-state index in [-0.39, 0.29) is 19.2 Å². The highest BCUT2D eigenvalue weighted by Crippen LogP contribution is 2.11. The first-order valence-corrected chi connectivity index (χ1v) is 3.36. The SMILES string of the molecule is OCCOC(O)=C1C=CC=C1. The molecule has 0 fully saturated rings. The Morgan fingerprint density at radius 1 is 1.36 bits per heavy atom. The third-order valence-corrected chi connectivity index (χ3v) is 1.24. The third-order valence-electron chi connectivity index (χ3n) is 1.24. The quantitative estimate of drug-likeness (QED) is 0.593. The molecule has 3 heteroatoms. The summed E-state index contributed by atoms with van der Waals surface area (Å²) in [5, 5.41) is 17.5. The predicted octanol–water partition coefficient (Wildman–Crippen LogP) is 0.891. The second-order valence-corrected chi connectivity index (χ2v) is 2.05. The van der Waals surface area contributed by atoms with Crippen molar-refractivity contribution in [2.75, 3.05) is 13.2 Å². The van der Waals surface area contributed by atoms with Gasteiger partial charge in [-0.2, -0.15) is 0 Å². The Morgan fingerprint density at radius 2 is 2.00 bits per heavy atom. The summed E-state index contributed by atoms with van der Waals surface area (Å²) < 4.78 is 4.76. The van der Waals surface area contributed by atoms with Crippen molar-refractivity contribution < 1.29 is 14.9 Å². The van der Waals surface area contributed by atoms with E-state index in [4.69, 9.17) is 14.9 Å². The van der Waals surface area contributed by atoms with Crippen LogP contribution in [0.15, 0.2) is 35.8 Å². The van der Waals surface area contributed by atoms with Gasteiger partial charge in [-0.15, -0.1) is 0 Å². The first-order chi connectivity index (χ1) is 5.34. The normalized spacial score (nSPS) is 14.1. The van der Waals surface area contributed by atoms with Gasteiger partial charge in [-0.1, -0.05) is 12.2 Å². The van der Waals surface area contributed by atoms with Gasteiger partial charge >= 0.3 is 0 Å². The molecule has 1 aliphatic carbocycles. The fourth-order valence-electron chi connectivity index (χ4n) is 0.742. The van der Waals surface area contributed by atoms with Gasteiger partial charge in [-0.3, -0.25) is 0 Å². The smallest absolute Gasteiger partial charge is 0.284 e. The summed E-state index contributed by atoms with van der Waals surface area (Å²) in [6.45, 7) is 0.0295. The van der Waals surface area contributed by atoms with Crippen LogP contribution in [0.5, 0.6) is 0 Å². The van der Waals surface area contributed by atoms with Crippen molar-refractivity contribution in [3.05, 3.63) is 35.8 Å². The lowest BCUT2D eigenvalue weighted by atomic mass is 10.3. The van der Waals surface area contributed by atoms with Crippen LogP contribution in [-0.4, -0.2) is 23.4 Å². The van der Waals surface area contributed by atoms with Crippen LogP contribution < -0.4 is 0 Å². The van der Waals surface area contributed by atoms with Crippen molar-refractivity contribution in [1.29, 1.82) is 0 Å². The molecule has 0 radical (unpaired) electrons. The van der Waals surface area contributed by atoms with Crippen molar-refractivity contribution in [3.63, 3.8) is 0 Å². The van der Waals surface area contributed by atoms with Crippen molar-refractivity contribution >= 4 is 0 Å². The van der Waals surface area contributed by atoms with Crippen LogP contribution in [0.25, 0.3) is 0 Å². The van der Waals surface area contributed by atoms with Gasteiger partial charge in [0.25, 0.3) is 5.95 Å². The molecular weight excluding hydrogens is 144 g/mol. The molecule has 0 aromatic rings. The van der Waals surface area contributed by atoms with Crippen LogP contribution in [0, 0.1) is 0 Å². The summed E-state index contributed by atoms with van der Waals surface area (Å²) in [7, 11) is 0. The van der Waals surface area contributed by atoms with E-state index >= 15 is 0 Å². The third kappa shape index (κ3) is 2.13. The van der Waals surface area contributed by atoms with Crippen LogP contribution in [-0.2, 0) is 4.74 Å². The highest BCUT2D eigenvalue weighted by atomic mass is 16.6. The zero-order valence-electron chi connectivity index (χ0n) is 6.03. The molecule has 0 aliphatic heterocycles. The second-order valence-electron chi connectivity index (χ2n) is 2.05. The summed E-state index contributed by atoms with van der Waals surface area (Å²) >= 11 is 0. The van der Waals surface area contributed by atoms with Crippen molar-refractivity contribution in [2.45, 2.75) is 0 Å². The molecule has 0 spiro atoms. The molecule has 2 N–H and O–H groups in total. The van der Waals surface area contributed by atoms with Gasteiger partial charge < -0.3 is 14.9 Å². The standard InChI is InChI=1S/C8H10O3/c9-5-6-11-8(10)7-3-1-2-4-7/h1-4,9-10H,5-6H2. The van der Waals surface area contributed by atoms with Gasteiger partial charge in [0.05, 0.1) is 12.2 Å². The minimum atomic E-state index is -0.135. The second kappa shape index (κ2) is 3.83. The average molecular weight is 154 g/mol. The highest BCUT2D eigenvalue weighted by molar-refractivity contribution is 5.40. The van der Waals surface area contributed by atoms with Gasteiger partial charge in [0, 0.05) is 0 Å². The van der Waals surface area contributed by atoms with Crippen LogP contribution in [0.4, 0.5) is 0 Å². The highest BCUT2D eigenvalue weighted by Gasteiger charge is 2.01. The zero-order chi connectivity index (χ0) is 8.10. The summed E-state index contributed by atoms with van der Waals surface area (Å²) in [5.41, 5.74) is 0.637. The first kappa shape index (κ1) is 7.88. The van der Waals surface area contributed by atoms with Crippen LogP contribution >= 0.6 is 0 Å². The molecule has 11 heavy (non-hydrogen) atoms. The average Bonchev–Trinajstić information content (AvgIpc) is 2.52. The summed E-state index contributed by atoms with van der Waals surface area (Å²) in [6, 6.07) is 0. The number of aliphatic hydroxyl groups excluding tert-OH is 2. The number of allylic oxidation sites excluding steroid dienone is 5. The molecule has 60 valence electrons. The minimum Gasteiger partial charge on any atom is -0.481 e.